The average molecular weight is 104 g/mol. The Morgan fingerprint density at radius 3 is 2.86 bits per heavy atom. The van der Waals surface area contributed by atoms with Gasteiger partial charge < -0.3 is 4.74 Å². The van der Waals surface area contributed by atoms with Crippen molar-refractivity contribution in [3.05, 3.63) is 4.91 Å². The number of ether oxygens (including phenoxy) is 1. The highest BCUT2D eigenvalue weighted by molar-refractivity contribution is 4.25. The van der Waals surface area contributed by atoms with Crippen molar-refractivity contribution in [3.63, 3.8) is 0 Å². The van der Waals surface area contributed by atoms with Gasteiger partial charge in [0.05, 0.1) is 6.61 Å². The standard InChI is InChI=1S/C4H9NO2/c1-7-4-2-3-5-6/h2-4H2,1H3/p+1. The first-order valence-electron chi connectivity index (χ1n) is 2.25. The summed E-state index contributed by atoms with van der Waals surface area (Å²) in [5.74, 6) is 0. The summed E-state index contributed by atoms with van der Waals surface area (Å²) in [4.78, 5) is 9.50. The zero-order valence-corrected chi connectivity index (χ0v) is 4.44. The normalized spacial score (nSPS) is 8.71. The first kappa shape index (κ1) is 6.56. The van der Waals surface area contributed by atoms with Crippen molar-refractivity contribution in [3.8, 4) is 0 Å². The fraction of sp³-hybridized carbons (Fsp3) is 1.00. The Labute approximate surface area is 42.6 Å². The Morgan fingerprint density at radius 1 is 1.71 bits per heavy atom. The van der Waals surface area contributed by atoms with Crippen molar-refractivity contribution in [2.45, 2.75) is 6.42 Å². The lowest BCUT2D eigenvalue weighted by Gasteiger charge is -1.85. The van der Waals surface area contributed by atoms with Gasteiger partial charge in [0.15, 0.2) is 6.54 Å². The van der Waals surface area contributed by atoms with Gasteiger partial charge >= 0.3 is 0 Å². The third kappa shape index (κ3) is 5.56. The molecule has 0 atom stereocenters. The van der Waals surface area contributed by atoms with Crippen LogP contribution in [-0.4, -0.2) is 20.3 Å². The first-order valence-corrected chi connectivity index (χ1v) is 2.25. The number of nitrogens with one attached hydrogen (secondary N) is 1. The molecule has 0 aromatic carbocycles. The SMILES string of the molecule is COCCC[NH+]=O. The van der Waals surface area contributed by atoms with Gasteiger partial charge in [-0.3, -0.25) is 0 Å². The summed E-state index contributed by atoms with van der Waals surface area (Å²) in [7, 11) is 1.62. The lowest BCUT2D eigenvalue weighted by atomic mass is 10.5. The van der Waals surface area contributed by atoms with Gasteiger partial charge in [0.1, 0.15) is 0 Å². The van der Waals surface area contributed by atoms with E-state index in [4.69, 9.17) is 0 Å². The molecule has 0 fully saturated rings. The Morgan fingerprint density at radius 2 is 2.43 bits per heavy atom. The monoisotopic (exact) mass is 104 g/mol. The largest absolute Gasteiger partial charge is 0.384 e. The Balaban J connectivity index is 2.56. The molecule has 0 aromatic rings. The maximum atomic E-state index is 9.50. The van der Waals surface area contributed by atoms with Crippen molar-refractivity contribution in [2.24, 2.45) is 0 Å². The van der Waals surface area contributed by atoms with Crippen LogP contribution in [0.2, 0.25) is 0 Å². The van der Waals surface area contributed by atoms with E-state index in [9.17, 15) is 4.91 Å². The molecule has 7 heavy (non-hydrogen) atoms. The van der Waals surface area contributed by atoms with Crippen LogP contribution in [0.15, 0.2) is 0 Å². The molecule has 0 aliphatic rings. The molecule has 0 unspecified atom stereocenters. The average Bonchev–Trinajstić information content (AvgIpc) is 1.69. The predicted molar refractivity (Wildman–Crippen MR) is 25.7 cm³/mol. The molecule has 0 aliphatic carbocycles. The van der Waals surface area contributed by atoms with E-state index in [-0.39, 0.29) is 0 Å². The molecular weight excluding hydrogens is 94.0 g/mol. The Kier molecular flexibility index (Phi) is 5.21. The van der Waals surface area contributed by atoms with Gasteiger partial charge in [-0.15, -0.1) is 0 Å². The van der Waals surface area contributed by atoms with Crippen LogP contribution in [0.4, 0.5) is 0 Å². The van der Waals surface area contributed by atoms with E-state index < -0.39 is 0 Å². The smallest absolute Gasteiger partial charge is 0.191 e. The quantitative estimate of drug-likeness (QED) is 0.458. The summed E-state index contributed by atoms with van der Waals surface area (Å²) in [6.07, 6.45) is 0.792. The van der Waals surface area contributed by atoms with Crippen molar-refractivity contribution in [1.29, 1.82) is 0 Å². The zero-order chi connectivity index (χ0) is 5.54. The molecule has 0 rings (SSSR count). The Hall–Kier alpha value is -0.440. The highest BCUT2D eigenvalue weighted by Gasteiger charge is 1.85. The molecule has 42 valence electrons. The number of nitroso groups, excluding NO2 is 1. The summed E-state index contributed by atoms with van der Waals surface area (Å²) in [5, 5.41) is 1.77. The van der Waals surface area contributed by atoms with Crippen molar-refractivity contribution < 1.29 is 9.91 Å². The van der Waals surface area contributed by atoms with E-state index in [0.717, 1.165) is 6.42 Å². The minimum atomic E-state index is 0.494. The molecule has 0 radical (unpaired) electrons. The van der Waals surface area contributed by atoms with E-state index >= 15 is 0 Å². The zero-order valence-electron chi connectivity index (χ0n) is 4.44. The number of hydrogen-bond acceptors (Lipinski definition) is 2. The lowest BCUT2D eigenvalue weighted by Crippen LogP contribution is -2.64. The van der Waals surface area contributed by atoms with Crippen molar-refractivity contribution in [2.75, 3.05) is 20.3 Å². The van der Waals surface area contributed by atoms with Crippen LogP contribution >= 0.6 is 0 Å². The second-order valence-electron chi connectivity index (χ2n) is 1.24. The van der Waals surface area contributed by atoms with Gasteiger partial charge in [-0.1, -0.05) is 0 Å². The Bertz CT molecular complexity index is 47.0. The maximum absolute atomic E-state index is 9.50. The predicted octanol–water partition coefficient (Wildman–Crippen LogP) is -1.13. The van der Waals surface area contributed by atoms with E-state index in [1.54, 1.807) is 12.3 Å². The summed E-state index contributed by atoms with van der Waals surface area (Å²) < 4.78 is 4.66. The van der Waals surface area contributed by atoms with Crippen LogP contribution in [0.3, 0.4) is 0 Å². The second kappa shape index (κ2) is 5.56. The highest BCUT2D eigenvalue weighted by atomic mass is 16.5. The molecule has 0 aliphatic heterocycles. The van der Waals surface area contributed by atoms with Gasteiger partial charge in [-0.05, 0) is 5.18 Å². The van der Waals surface area contributed by atoms with Gasteiger partial charge in [0.2, 0.25) is 0 Å². The van der Waals surface area contributed by atoms with Crippen LogP contribution in [0.1, 0.15) is 6.42 Å². The van der Waals surface area contributed by atoms with Crippen LogP contribution < -0.4 is 5.18 Å². The second-order valence-corrected chi connectivity index (χ2v) is 1.24. The molecule has 0 saturated heterocycles. The molecule has 0 saturated carbocycles. The van der Waals surface area contributed by atoms with Crippen LogP contribution in [-0.2, 0) is 4.74 Å². The molecular formula is C4H10NO2+. The molecule has 3 nitrogen and oxygen atoms in total. The third-order valence-electron chi connectivity index (χ3n) is 0.627. The van der Waals surface area contributed by atoms with E-state index in [1.807, 2.05) is 0 Å². The number of hydrogen-bond donors (Lipinski definition) is 1. The summed E-state index contributed by atoms with van der Waals surface area (Å²) in [5.41, 5.74) is 0. The number of rotatable bonds is 4. The highest BCUT2D eigenvalue weighted by Crippen LogP contribution is 1.69. The minimum Gasteiger partial charge on any atom is -0.384 e. The lowest BCUT2D eigenvalue weighted by molar-refractivity contribution is -0.481. The minimum absolute atomic E-state index is 0.494. The summed E-state index contributed by atoms with van der Waals surface area (Å²) in [6.45, 7) is 1.16. The summed E-state index contributed by atoms with van der Waals surface area (Å²) >= 11 is 0. The number of methoxy groups -OCH3 is 1. The summed E-state index contributed by atoms with van der Waals surface area (Å²) in [6, 6.07) is 0. The van der Waals surface area contributed by atoms with E-state index in [0.29, 0.717) is 13.2 Å². The molecule has 0 aromatic heterocycles. The van der Waals surface area contributed by atoms with Gasteiger partial charge in [0.25, 0.3) is 0 Å². The fourth-order valence-electron chi connectivity index (χ4n) is 0.289. The van der Waals surface area contributed by atoms with E-state index in [2.05, 4.69) is 4.74 Å². The van der Waals surface area contributed by atoms with Crippen LogP contribution in [0, 0.1) is 4.91 Å². The van der Waals surface area contributed by atoms with Crippen molar-refractivity contribution >= 4 is 0 Å². The van der Waals surface area contributed by atoms with Crippen LogP contribution in [0.5, 0.6) is 0 Å². The molecule has 0 heterocycles. The fourth-order valence-corrected chi connectivity index (χ4v) is 0.289. The molecule has 0 bridgehead atoms. The molecule has 3 heteroatoms. The topological polar surface area (TPSA) is 40.3 Å². The van der Waals surface area contributed by atoms with Gasteiger partial charge in [-0.25, -0.2) is 0 Å². The first-order chi connectivity index (χ1) is 3.41. The van der Waals surface area contributed by atoms with Gasteiger partial charge in [-0.2, -0.15) is 0 Å². The molecule has 1 N–H and O–H groups in total. The van der Waals surface area contributed by atoms with Gasteiger partial charge in [0, 0.05) is 18.4 Å². The van der Waals surface area contributed by atoms with Crippen molar-refractivity contribution in [1.82, 2.24) is 0 Å². The third-order valence-corrected chi connectivity index (χ3v) is 0.627. The van der Waals surface area contributed by atoms with Crippen LogP contribution in [0.25, 0.3) is 0 Å². The maximum Gasteiger partial charge on any atom is 0.191 e. The van der Waals surface area contributed by atoms with E-state index in [1.165, 1.54) is 0 Å². The molecule has 0 spiro atoms. The molecule has 0 amide bonds.